The highest BCUT2D eigenvalue weighted by atomic mass is 35.5. The number of anilines is 1. The monoisotopic (exact) mass is 387 g/mol. The molecule has 1 amide bonds. The molecule has 26 heavy (non-hydrogen) atoms. The smallest absolute Gasteiger partial charge is 0.291 e. The summed E-state index contributed by atoms with van der Waals surface area (Å²) in [6.07, 6.45) is 0.991. The molecule has 3 nitrogen and oxygen atoms in total. The van der Waals surface area contributed by atoms with E-state index in [1.54, 1.807) is 30.3 Å². The summed E-state index contributed by atoms with van der Waals surface area (Å²) in [5.74, 6) is 0.766. The third-order valence-electron chi connectivity index (χ3n) is 4.38. The summed E-state index contributed by atoms with van der Waals surface area (Å²) in [5, 5.41) is 4.00. The van der Waals surface area contributed by atoms with Gasteiger partial charge in [0.25, 0.3) is 5.91 Å². The highest BCUT2D eigenvalue weighted by molar-refractivity contribution is 6.35. The number of nitrogens with one attached hydrogen (secondary N) is 1. The van der Waals surface area contributed by atoms with Crippen molar-refractivity contribution in [2.45, 2.75) is 26.2 Å². The fourth-order valence-electron chi connectivity index (χ4n) is 2.74. The normalized spacial score (nSPS) is 12.0. The summed E-state index contributed by atoms with van der Waals surface area (Å²) in [7, 11) is 0. The van der Waals surface area contributed by atoms with Crippen LogP contribution in [0.2, 0.25) is 10.0 Å². The van der Waals surface area contributed by atoms with E-state index in [0.29, 0.717) is 27.3 Å². The van der Waals surface area contributed by atoms with Crippen LogP contribution in [0.1, 0.15) is 42.3 Å². The maximum Gasteiger partial charge on any atom is 0.291 e. The molecule has 3 rings (SSSR count). The van der Waals surface area contributed by atoms with Gasteiger partial charge >= 0.3 is 0 Å². The van der Waals surface area contributed by atoms with Crippen LogP contribution in [0, 0.1) is 0 Å². The summed E-state index contributed by atoms with van der Waals surface area (Å²) in [4.78, 5) is 12.6. The molecule has 1 heterocycles. The molecule has 0 saturated heterocycles. The van der Waals surface area contributed by atoms with Crippen LogP contribution in [0.25, 0.3) is 11.3 Å². The topological polar surface area (TPSA) is 42.2 Å². The highest BCUT2D eigenvalue weighted by Gasteiger charge is 2.17. The molecule has 0 bridgehead atoms. The van der Waals surface area contributed by atoms with Gasteiger partial charge in [-0.25, -0.2) is 0 Å². The van der Waals surface area contributed by atoms with E-state index < -0.39 is 0 Å². The molecular weight excluding hydrogens is 369 g/mol. The minimum Gasteiger partial charge on any atom is -0.451 e. The number of rotatable bonds is 5. The van der Waals surface area contributed by atoms with Gasteiger partial charge in [-0.15, -0.1) is 0 Å². The van der Waals surface area contributed by atoms with Crippen LogP contribution in [-0.2, 0) is 0 Å². The largest absolute Gasteiger partial charge is 0.451 e. The number of carbonyl (C=O) groups is 1. The maximum atomic E-state index is 12.6. The third-order valence-corrected chi connectivity index (χ3v) is 4.94. The fraction of sp³-hybridized carbons (Fsp3) is 0.190. The first kappa shape index (κ1) is 18.6. The molecule has 0 aliphatic heterocycles. The van der Waals surface area contributed by atoms with Crippen molar-refractivity contribution < 1.29 is 9.21 Å². The van der Waals surface area contributed by atoms with Crippen LogP contribution in [-0.4, -0.2) is 5.91 Å². The zero-order valence-electron chi connectivity index (χ0n) is 14.6. The van der Waals surface area contributed by atoms with Crippen molar-refractivity contribution in [1.82, 2.24) is 0 Å². The molecule has 3 aromatic rings. The Labute approximate surface area is 162 Å². The van der Waals surface area contributed by atoms with E-state index in [4.69, 9.17) is 27.6 Å². The number of halogens is 2. The molecule has 0 spiro atoms. The van der Waals surface area contributed by atoms with Gasteiger partial charge in [0.2, 0.25) is 0 Å². The summed E-state index contributed by atoms with van der Waals surface area (Å²) in [5.41, 5.74) is 2.55. The minimum absolute atomic E-state index is 0.218. The molecule has 1 unspecified atom stereocenters. The molecule has 134 valence electrons. The Morgan fingerprint density at radius 2 is 1.88 bits per heavy atom. The quantitative estimate of drug-likeness (QED) is 0.510. The van der Waals surface area contributed by atoms with Crippen molar-refractivity contribution in [3.05, 3.63) is 76.0 Å². The lowest BCUT2D eigenvalue weighted by Gasteiger charge is -2.15. The molecule has 0 aliphatic carbocycles. The number of amides is 1. The second-order valence-electron chi connectivity index (χ2n) is 6.14. The molecule has 1 atom stereocenters. The van der Waals surface area contributed by atoms with Gasteiger partial charge in [0, 0.05) is 16.3 Å². The predicted octanol–water partition coefficient (Wildman–Crippen LogP) is 7.02. The van der Waals surface area contributed by atoms with E-state index in [2.05, 4.69) is 19.2 Å². The van der Waals surface area contributed by atoms with E-state index >= 15 is 0 Å². The Kier molecular flexibility index (Phi) is 5.70. The van der Waals surface area contributed by atoms with Gasteiger partial charge in [0.1, 0.15) is 5.76 Å². The first-order chi connectivity index (χ1) is 12.5. The first-order valence-electron chi connectivity index (χ1n) is 8.45. The van der Waals surface area contributed by atoms with Crippen molar-refractivity contribution in [2.24, 2.45) is 0 Å². The van der Waals surface area contributed by atoms with E-state index in [1.165, 1.54) is 0 Å². The lowest BCUT2D eigenvalue weighted by atomic mass is 9.97. The number of benzene rings is 2. The third kappa shape index (κ3) is 3.95. The Morgan fingerprint density at radius 1 is 1.12 bits per heavy atom. The van der Waals surface area contributed by atoms with Gasteiger partial charge in [-0.2, -0.15) is 0 Å². The summed E-state index contributed by atoms with van der Waals surface area (Å²) < 4.78 is 5.71. The molecule has 0 saturated carbocycles. The van der Waals surface area contributed by atoms with Gasteiger partial charge in [-0.1, -0.05) is 55.2 Å². The Balaban J connectivity index is 1.85. The zero-order chi connectivity index (χ0) is 18.7. The molecule has 1 aromatic heterocycles. The predicted molar refractivity (Wildman–Crippen MR) is 107 cm³/mol. The standard InChI is InChI=1S/C21H19Cl2NO2/c1-3-13(2)15-6-4-5-7-18(15)24-21(25)20-11-10-19(26-20)16-12-14(22)8-9-17(16)23/h4-13H,3H2,1-2H3,(H,24,25). The van der Waals surface area contributed by atoms with Crippen LogP contribution in [0.15, 0.2) is 59.0 Å². The molecule has 0 radical (unpaired) electrons. The first-order valence-corrected chi connectivity index (χ1v) is 9.20. The van der Waals surface area contributed by atoms with Gasteiger partial charge in [-0.05, 0) is 54.3 Å². The molecule has 0 aliphatic rings. The lowest BCUT2D eigenvalue weighted by Crippen LogP contribution is -2.13. The van der Waals surface area contributed by atoms with Crippen LogP contribution in [0.5, 0.6) is 0 Å². The van der Waals surface area contributed by atoms with Crippen LogP contribution < -0.4 is 5.32 Å². The van der Waals surface area contributed by atoms with Gasteiger partial charge < -0.3 is 9.73 Å². The summed E-state index contributed by atoms with van der Waals surface area (Å²) >= 11 is 12.2. The molecule has 0 fully saturated rings. The number of hydrogen-bond acceptors (Lipinski definition) is 2. The van der Waals surface area contributed by atoms with Crippen LogP contribution in [0.4, 0.5) is 5.69 Å². The fourth-order valence-corrected chi connectivity index (χ4v) is 3.12. The average Bonchev–Trinajstić information content (AvgIpc) is 3.13. The highest BCUT2D eigenvalue weighted by Crippen LogP contribution is 2.32. The van der Waals surface area contributed by atoms with Gasteiger partial charge in [0.05, 0.1) is 5.02 Å². The van der Waals surface area contributed by atoms with Gasteiger partial charge in [-0.3, -0.25) is 4.79 Å². The second kappa shape index (κ2) is 7.98. The molecular formula is C21H19Cl2NO2. The van der Waals surface area contributed by atoms with Crippen LogP contribution in [0.3, 0.4) is 0 Å². The number of hydrogen-bond donors (Lipinski definition) is 1. The number of carbonyl (C=O) groups excluding carboxylic acids is 1. The van der Waals surface area contributed by atoms with Crippen molar-refractivity contribution in [3.63, 3.8) is 0 Å². The van der Waals surface area contributed by atoms with E-state index in [-0.39, 0.29) is 11.7 Å². The average molecular weight is 388 g/mol. The second-order valence-corrected chi connectivity index (χ2v) is 6.98. The Hall–Kier alpha value is -2.23. The van der Waals surface area contributed by atoms with Crippen molar-refractivity contribution in [2.75, 3.05) is 5.32 Å². The maximum absolute atomic E-state index is 12.6. The number of furan rings is 1. The van der Waals surface area contributed by atoms with E-state index in [1.807, 2.05) is 24.3 Å². The molecule has 2 aromatic carbocycles. The molecule has 5 heteroatoms. The Morgan fingerprint density at radius 3 is 2.65 bits per heavy atom. The number of para-hydroxylation sites is 1. The minimum atomic E-state index is -0.301. The molecule has 1 N–H and O–H groups in total. The van der Waals surface area contributed by atoms with Crippen molar-refractivity contribution in [3.8, 4) is 11.3 Å². The summed E-state index contributed by atoms with van der Waals surface area (Å²) in [6.45, 7) is 4.26. The van der Waals surface area contributed by atoms with Crippen molar-refractivity contribution in [1.29, 1.82) is 0 Å². The SMILES string of the molecule is CCC(C)c1ccccc1NC(=O)c1ccc(-c2cc(Cl)ccc2Cl)o1. The van der Waals surface area contributed by atoms with Crippen molar-refractivity contribution >= 4 is 34.8 Å². The van der Waals surface area contributed by atoms with Crippen LogP contribution >= 0.6 is 23.2 Å². The van der Waals surface area contributed by atoms with E-state index in [0.717, 1.165) is 17.7 Å². The Bertz CT molecular complexity index is 933. The van der Waals surface area contributed by atoms with E-state index in [9.17, 15) is 4.79 Å². The zero-order valence-corrected chi connectivity index (χ0v) is 16.1. The lowest BCUT2D eigenvalue weighted by molar-refractivity contribution is 0.0997. The van der Waals surface area contributed by atoms with Gasteiger partial charge in [0.15, 0.2) is 5.76 Å². The summed E-state index contributed by atoms with van der Waals surface area (Å²) in [6, 6.07) is 16.3.